The van der Waals surface area contributed by atoms with Crippen molar-refractivity contribution in [3.05, 3.63) is 0 Å². The Labute approximate surface area is 64.3 Å². The van der Waals surface area contributed by atoms with E-state index in [1.807, 2.05) is 0 Å². The van der Waals surface area contributed by atoms with E-state index in [0.717, 1.165) is 18.7 Å². The molecule has 0 spiro atoms. The maximum atomic E-state index is 10.1. The van der Waals surface area contributed by atoms with Crippen LogP contribution in [0.25, 0.3) is 0 Å². The van der Waals surface area contributed by atoms with E-state index in [4.69, 9.17) is 0 Å². The van der Waals surface area contributed by atoms with Crippen LogP contribution in [0.15, 0.2) is 0 Å². The van der Waals surface area contributed by atoms with Gasteiger partial charge in [-0.1, -0.05) is 13.8 Å². The molecule has 0 aromatic heterocycles. The summed E-state index contributed by atoms with van der Waals surface area (Å²) >= 11 is 0. The molecule has 1 atom stereocenters. The van der Waals surface area contributed by atoms with Crippen LogP contribution in [0, 0.1) is 0 Å². The molecule has 1 radical (unpaired) electrons. The fourth-order valence-corrected chi connectivity index (χ4v) is 4.99. The van der Waals surface area contributed by atoms with Crippen LogP contribution in [0.3, 0.4) is 0 Å². The fraction of sp³-hybridized carbons (Fsp3) is 1.00. The fourth-order valence-electron chi connectivity index (χ4n) is 1.66. The van der Waals surface area contributed by atoms with Gasteiger partial charge in [0.05, 0.1) is 0 Å². The molecule has 0 aromatic carbocycles. The van der Waals surface area contributed by atoms with Crippen LogP contribution >= 0.6 is 7.49 Å². The minimum absolute atomic E-state index is 0.606. The monoisotopic (exact) mass is 161 g/mol. The second kappa shape index (κ2) is 3.19. The van der Waals surface area contributed by atoms with Gasteiger partial charge in [-0.15, -0.1) is 0 Å². The van der Waals surface area contributed by atoms with Gasteiger partial charge < -0.3 is 4.89 Å². The van der Waals surface area contributed by atoms with Gasteiger partial charge in [-0.2, -0.15) is 0 Å². The lowest BCUT2D eigenvalue weighted by atomic mass is 10.4. The summed E-state index contributed by atoms with van der Waals surface area (Å²) in [5.74, 6) is 0. The van der Waals surface area contributed by atoms with E-state index in [1.54, 1.807) is 0 Å². The third-order valence-electron chi connectivity index (χ3n) is 2.75. The summed E-state index contributed by atoms with van der Waals surface area (Å²) in [6.07, 6.45) is 5.98. The van der Waals surface area contributed by atoms with E-state index in [0.29, 0.717) is 5.66 Å². The minimum Gasteiger partial charge on any atom is -0.380 e. The molecular weight excluding hydrogens is 143 g/mol. The summed E-state index contributed by atoms with van der Waals surface area (Å²) in [5, 5.41) is 0. The van der Waals surface area contributed by atoms with Crippen LogP contribution in [-0.4, -0.2) is 22.9 Å². The Hall–Kier alpha value is 0.390. The van der Waals surface area contributed by atoms with E-state index in [2.05, 4.69) is 13.8 Å². The lowest BCUT2D eigenvalue weighted by molar-refractivity contribution is 0.583. The van der Waals surface area contributed by atoms with Crippen molar-refractivity contribution >= 4 is 7.49 Å². The van der Waals surface area contributed by atoms with E-state index in [-0.39, 0.29) is 0 Å². The van der Waals surface area contributed by atoms with Crippen LogP contribution in [-0.2, 0) is 0 Å². The van der Waals surface area contributed by atoms with E-state index in [9.17, 15) is 4.89 Å². The van der Waals surface area contributed by atoms with Gasteiger partial charge in [-0.05, 0) is 44.7 Å². The summed E-state index contributed by atoms with van der Waals surface area (Å²) in [6, 6.07) is 0. The second-order valence-corrected chi connectivity index (χ2v) is 7.15. The van der Waals surface area contributed by atoms with Crippen molar-refractivity contribution in [1.82, 2.24) is 0 Å². The van der Waals surface area contributed by atoms with Gasteiger partial charge in [0.1, 0.15) is 0 Å². The molecule has 0 aromatic rings. The molecule has 10 heavy (non-hydrogen) atoms. The first-order chi connectivity index (χ1) is 4.69. The molecule has 1 unspecified atom stereocenters. The largest absolute Gasteiger partial charge is 0.380 e. The van der Waals surface area contributed by atoms with Crippen molar-refractivity contribution in [2.45, 2.75) is 38.8 Å². The Morgan fingerprint density at radius 1 is 1.40 bits per heavy atom. The van der Waals surface area contributed by atoms with Crippen molar-refractivity contribution in [3.63, 3.8) is 0 Å². The summed E-state index contributed by atoms with van der Waals surface area (Å²) in [6.45, 7) is 4.39. The van der Waals surface area contributed by atoms with Crippen molar-refractivity contribution in [2.75, 3.05) is 12.3 Å². The molecule has 1 N–H and O–H groups in total. The highest BCUT2D eigenvalue weighted by Crippen LogP contribution is 2.64. The molecule has 1 aliphatic heterocycles. The van der Waals surface area contributed by atoms with Crippen LogP contribution in [0.4, 0.5) is 0 Å². The standard InChI is InChI=1S/C8H18OP/c1-3-8(2)10(9)6-4-5-7-10/h8-9H,3-7H2,1-2H3. The Bertz CT molecular complexity index is 108. The highest BCUT2D eigenvalue weighted by molar-refractivity contribution is 7.71. The highest BCUT2D eigenvalue weighted by atomic mass is 31.2. The van der Waals surface area contributed by atoms with Gasteiger partial charge in [0, 0.05) is 0 Å². The summed E-state index contributed by atoms with van der Waals surface area (Å²) in [5.41, 5.74) is 0.606. The summed E-state index contributed by atoms with van der Waals surface area (Å²) in [7, 11) is -1.41. The third kappa shape index (κ3) is 1.52. The molecule has 0 aliphatic carbocycles. The molecule has 1 saturated heterocycles. The molecule has 2 heteroatoms. The lowest BCUT2D eigenvalue weighted by Gasteiger charge is -2.30. The molecular formula is C8H18OP. The molecule has 1 nitrogen and oxygen atoms in total. The maximum absolute atomic E-state index is 10.1. The zero-order valence-corrected chi connectivity index (χ0v) is 7.90. The average molecular weight is 161 g/mol. The maximum Gasteiger partial charge on any atom is -0.00521 e. The molecule has 1 aliphatic rings. The van der Waals surface area contributed by atoms with Crippen molar-refractivity contribution in [1.29, 1.82) is 0 Å². The minimum atomic E-state index is -1.41. The predicted molar refractivity (Wildman–Crippen MR) is 47.9 cm³/mol. The molecule has 61 valence electrons. The summed E-state index contributed by atoms with van der Waals surface area (Å²) < 4.78 is 0. The lowest BCUT2D eigenvalue weighted by Crippen LogP contribution is -2.09. The van der Waals surface area contributed by atoms with E-state index >= 15 is 0 Å². The molecule has 0 saturated carbocycles. The van der Waals surface area contributed by atoms with Crippen molar-refractivity contribution < 1.29 is 4.89 Å². The molecule has 0 amide bonds. The third-order valence-corrected chi connectivity index (χ3v) is 6.94. The smallest absolute Gasteiger partial charge is 0.00521 e. The zero-order valence-electron chi connectivity index (χ0n) is 7.01. The van der Waals surface area contributed by atoms with Crippen LogP contribution < -0.4 is 0 Å². The Balaban J connectivity index is 2.49. The first-order valence-corrected chi connectivity index (χ1v) is 6.46. The number of hydrogen-bond donors (Lipinski definition) is 1. The van der Waals surface area contributed by atoms with Gasteiger partial charge in [0.15, 0.2) is 0 Å². The predicted octanol–water partition coefficient (Wildman–Crippen LogP) is 2.50. The van der Waals surface area contributed by atoms with E-state index < -0.39 is 7.49 Å². The topological polar surface area (TPSA) is 20.2 Å². The van der Waals surface area contributed by atoms with Crippen molar-refractivity contribution in [3.8, 4) is 0 Å². The van der Waals surface area contributed by atoms with Gasteiger partial charge >= 0.3 is 0 Å². The molecule has 1 rings (SSSR count). The number of hydrogen-bond acceptors (Lipinski definition) is 1. The molecule has 0 bridgehead atoms. The second-order valence-electron chi connectivity index (χ2n) is 3.40. The quantitative estimate of drug-likeness (QED) is 0.617. The van der Waals surface area contributed by atoms with Crippen molar-refractivity contribution in [2.24, 2.45) is 0 Å². The van der Waals surface area contributed by atoms with Gasteiger partial charge in [-0.3, -0.25) is 0 Å². The van der Waals surface area contributed by atoms with Gasteiger partial charge in [0.25, 0.3) is 0 Å². The number of rotatable bonds is 2. The first kappa shape index (κ1) is 8.49. The Kier molecular flexibility index (Phi) is 2.71. The van der Waals surface area contributed by atoms with Crippen LogP contribution in [0.2, 0.25) is 0 Å². The molecule has 1 fully saturated rings. The highest BCUT2D eigenvalue weighted by Gasteiger charge is 2.33. The van der Waals surface area contributed by atoms with Gasteiger partial charge in [-0.25, -0.2) is 0 Å². The zero-order chi connectivity index (χ0) is 7.61. The Morgan fingerprint density at radius 3 is 2.30 bits per heavy atom. The van der Waals surface area contributed by atoms with E-state index in [1.165, 1.54) is 12.8 Å². The average Bonchev–Trinajstić information content (AvgIpc) is 2.36. The van der Waals surface area contributed by atoms with Crippen LogP contribution in [0.1, 0.15) is 33.1 Å². The normalized spacial score (nSPS) is 26.7. The SMILES string of the molecule is CCC(C)[P]1(O)CCCC1. The first-order valence-electron chi connectivity index (χ1n) is 4.28. The van der Waals surface area contributed by atoms with Crippen LogP contribution in [0.5, 0.6) is 0 Å². The Morgan fingerprint density at radius 2 is 1.90 bits per heavy atom. The summed E-state index contributed by atoms with van der Waals surface area (Å²) in [4.78, 5) is 10.1. The molecule has 1 heterocycles. The van der Waals surface area contributed by atoms with Gasteiger partial charge in [0.2, 0.25) is 0 Å².